The number of hydrogen-bond acceptors (Lipinski definition) is 2. The smallest absolute Gasteiger partial charge is 0.261 e. The van der Waals surface area contributed by atoms with Gasteiger partial charge in [-0.1, -0.05) is 118 Å². The Hall–Kier alpha value is -2.33. The highest BCUT2D eigenvalue weighted by atomic mass is 28.4. The SMILES string of the molecule is CC(C)(C)[Si](OCCCCCCC/C=C\CCCCN=[N+]=[N-])(c1ccccc1)c1ccccc1. The molecule has 0 heterocycles. The Bertz CT molecular complexity index is 832. The molecule has 5 heteroatoms. The van der Waals surface area contributed by atoms with Crippen LogP contribution in [-0.2, 0) is 4.43 Å². The summed E-state index contributed by atoms with van der Waals surface area (Å²) in [6.45, 7) is 8.46. The first-order valence-corrected chi connectivity index (χ1v) is 14.8. The second-order valence-electron chi connectivity index (χ2n) is 9.99. The van der Waals surface area contributed by atoms with Gasteiger partial charge in [0.05, 0.1) is 0 Å². The number of hydrogen-bond donors (Lipinski definition) is 0. The monoisotopic (exact) mass is 477 g/mol. The highest BCUT2D eigenvalue weighted by Crippen LogP contribution is 2.36. The fourth-order valence-electron chi connectivity index (χ4n) is 4.61. The predicted molar refractivity (Wildman–Crippen MR) is 148 cm³/mol. The predicted octanol–water partition coefficient (Wildman–Crippen LogP) is 7.94. The molecule has 184 valence electrons. The van der Waals surface area contributed by atoms with Gasteiger partial charge < -0.3 is 4.43 Å². The molecular formula is C29H43N3OSi. The first-order valence-electron chi connectivity index (χ1n) is 12.9. The van der Waals surface area contributed by atoms with Crippen LogP contribution in [-0.4, -0.2) is 21.5 Å². The van der Waals surface area contributed by atoms with Crippen LogP contribution >= 0.6 is 0 Å². The summed E-state index contributed by atoms with van der Waals surface area (Å²) < 4.78 is 6.97. The van der Waals surface area contributed by atoms with Gasteiger partial charge in [-0.05, 0) is 59.5 Å². The van der Waals surface area contributed by atoms with Crippen molar-refractivity contribution in [3.63, 3.8) is 0 Å². The third kappa shape index (κ3) is 8.79. The summed E-state index contributed by atoms with van der Waals surface area (Å²) in [7, 11) is -2.39. The lowest BCUT2D eigenvalue weighted by atomic mass is 10.1. The molecule has 0 radical (unpaired) electrons. The van der Waals surface area contributed by atoms with Crippen molar-refractivity contribution < 1.29 is 4.43 Å². The average molecular weight is 478 g/mol. The second kappa shape index (κ2) is 15.5. The zero-order chi connectivity index (χ0) is 24.5. The van der Waals surface area contributed by atoms with Gasteiger partial charge in [0.15, 0.2) is 0 Å². The van der Waals surface area contributed by atoms with Crippen molar-refractivity contribution in [2.45, 2.75) is 83.6 Å². The molecule has 0 fully saturated rings. The van der Waals surface area contributed by atoms with Gasteiger partial charge in [0.2, 0.25) is 0 Å². The van der Waals surface area contributed by atoms with Crippen LogP contribution in [0.5, 0.6) is 0 Å². The van der Waals surface area contributed by atoms with Gasteiger partial charge in [0, 0.05) is 18.1 Å². The van der Waals surface area contributed by atoms with Crippen molar-refractivity contribution in [2.75, 3.05) is 13.2 Å². The van der Waals surface area contributed by atoms with Gasteiger partial charge in [-0.25, -0.2) is 0 Å². The molecule has 0 aliphatic carbocycles. The lowest BCUT2D eigenvalue weighted by Gasteiger charge is -2.43. The van der Waals surface area contributed by atoms with Gasteiger partial charge in [0.1, 0.15) is 0 Å². The molecular weight excluding hydrogens is 434 g/mol. The van der Waals surface area contributed by atoms with E-state index in [1.165, 1.54) is 36.1 Å². The average Bonchev–Trinajstić information content (AvgIpc) is 2.84. The molecule has 4 nitrogen and oxygen atoms in total. The Morgan fingerprint density at radius 2 is 1.26 bits per heavy atom. The molecule has 2 aromatic rings. The van der Waals surface area contributed by atoms with Crippen LogP contribution < -0.4 is 10.4 Å². The highest BCUT2D eigenvalue weighted by molar-refractivity contribution is 6.99. The van der Waals surface area contributed by atoms with Crippen molar-refractivity contribution in [1.82, 2.24) is 0 Å². The minimum absolute atomic E-state index is 0.0466. The zero-order valence-corrected chi connectivity index (χ0v) is 22.5. The fourth-order valence-corrected chi connectivity index (χ4v) is 9.21. The second-order valence-corrected chi connectivity index (χ2v) is 14.3. The van der Waals surface area contributed by atoms with Crippen LogP contribution in [0.3, 0.4) is 0 Å². The van der Waals surface area contributed by atoms with E-state index in [4.69, 9.17) is 9.96 Å². The number of azide groups is 1. The summed E-state index contributed by atoms with van der Waals surface area (Å²) in [6, 6.07) is 21.8. The van der Waals surface area contributed by atoms with Crippen molar-refractivity contribution in [3.8, 4) is 0 Å². The summed E-state index contributed by atoms with van der Waals surface area (Å²) in [4.78, 5) is 2.78. The van der Waals surface area contributed by atoms with E-state index in [-0.39, 0.29) is 5.04 Å². The number of benzene rings is 2. The molecule has 0 saturated heterocycles. The molecule has 0 amide bonds. The Labute approximate surface area is 208 Å². The summed E-state index contributed by atoms with van der Waals surface area (Å²) in [5.41, 5.74) is 8.26. The molecule has 2 aromatic carbocycles. The van der Waals surface area contributed by atoms with E-state index in [1.807, 2.05) is 0 Å². The van der Waals surface area contributed by atoms with Gasteiger partial charge in [-0.15, -0.1) is 0 Å². The third-order valence-corrected chi connectivity index (χ3v) is 11.4. The number of rotatable bonds is 16. The summed E-state index contributed by atoms with van der Waals surface area (Å²) in [6.07, 6.45) is 15.0. The maximum Gasteiger partial charge on any atom is 0.261 e. The number of nitrogens with zero attached hydrogens (tertiary/aromatic N) is 3. The molecule has 34 heavy (non-hydrogen) atoms. The first kappa shape index (κ1) is 27.9. The Kier molecular flexibility index (Phi) is 12.8. The van der Waals surface area contributed by atoms with Gasteiger partial charge >= 0.3 is 0 Å². The van der Waals surface area contributed by atoms with E-state index in [9.17, 15) is 0 Å². The molecule has 0 bridgehead atoms. The lowest BCUT2D eigenvalue weighted by Crippen LogP contribution is -2.66. The minimum Gasteiger partial charge on any atom is -0.407 e. The zero-order valence-electron chi connectivity index (χ0n) is 21.5. The van der Waals surface area contributed by atoms with Crippen molar-refractivity contribution >= 4 is 18.7 Å². The highest BCUT2D eigenvalue weighted by Gasteiger charge is 2.49. The number of allylic oxidation sites excluding steroid dienone is 2. The summed E-state index contributed by atoms with van der Waals surface area (Å²) in [5, 5.41) is 6.33. The van der Waals surface area contributed by atoms with E-state index in [0.717, 1.165) is 38.7 Å². The fraction of sp³-hybridized carbons (Fsp3) is 0.517. The van der Waals surface area contributed by atoms with Crippen LogP contribution in [0.25, 0.3) is 10.4 Å². The van der Waals surface area contributed by atoms with Gasteiger partial charge in [-0.3, -0.25) is 0 Å². The molecule has 0 aliphatic heterocycles. The van der Waals surface area contributed by atoms with E-state index in [1.54, 1.807) is 0 Å². The van der Waals surface area contributed by atoms with Crippen LogP contribution in [0.4, 0.5) is 0 Å². The summed E-state index contributed by atoms with van der Waals surface area (Å²) >= 11 is 0. The molecule has 0 N–H and O–H groups in total. The minimum atomic E-state index is -2.39. The Balaban J connectivity index is 1.78. The van der Waals surface area contributed by atoms with Crippen LogP contribution in [0.15, 0.2) is 77.9 Å². The van der Waals surface area contributed by atoms with E-state index >= 15 is 0 Å². The molecule has 0 spiro atoms. The normalized spacial score (nSPS) is 12.1. The lowest BCUT2D eigenvalue weighted by molar-refractivity contribution is 0.286. The van der Waals surface area contributed by atoms with Crippen molar-refractivity contribution in [2.24, 2.45) is 5.11 Å². The summed E-state index contributed by atoms with van der Waals surface area (Å²) in [5.74, 6) is 0. The van der Waals surface area contributed by atoms with Gasteiger partial charge in [0.25, 0.3) is 8.32 Å². The molecule has 2 rings (SSSR count). The quantitative estimate of drug-likeness (QED) is 0.0604. The van der Waals surface area contributed by atoms with E-state index in [0.29, 0.717) is 6.54 Å². The molecule has 0 atom stereocenters. The van der Waals surface area contributed by atoms with Crippen LogP contribution in [0.2, 0.25) is 5.04 Å². The molecule has 0 aromatic heterocycles. The van der Waals surface area contributed by atoms with Crippen molar-refractivity contribution in [3.05, 3.63) is 83.3 Å². The first-order chi connectivity index (χ1) is 16.5. The Morgan fingerprint density at radius 3 is 1.79 bits per heavy atom. The third-order valence-electron chi connectivity index (χ3n) is 6.36. The van der Waals surface area contributed by atoms with Crippen LogP contribution in [0.1, 0.15) is 78.6 Å². The topological polar surface area (TPSA) is 58.0 Å². The maximum atomic E-state index is 8.26. The maximum absolute atomic E-state index is 8.26. The molecule has 0 saturated carbocycles. The number of unbranched alkanes of at least 4 members (excludes halogenated alkanes) is 7. The van der Waals surface area contributed by atoms with E-state index in [2.05, 4.69) is 104 Å². The van der Waals surface area contributed by atoms with E-state index < -0.39 is 8.32 Å². The van der Waals surface area contributed by atoms with Crippen LogP contribution in [0, 0.1) is 0 Å². The van der Waals surface area contributed by atoms with Gasteiger partial charge in [-0.2, -0.15) is 0 Å². The van der Waals surface area contributed by atoms with Crippen molar-refractivity contribution in [1.29, 1.82) is 0 Å². The Morgan fingerprint density at radius 1 is 0.765 bits per heavy atom. The molecule has 0 unspecified atom stereocenters. The standard InChI is InChI=1S/C29H43N3OSi/c1-29(2,3)34(27-21-15-13-16-22-27,28-23-17-14-18-24-28)33-26-20-12-10-8-6-4-5-7-9-11-19-25-31-32-30/h5,7,13-18,21-24H,4,6,8-12,19-20,25-26H2,1-3H3/b7-5-. The molecule has 0 aliphatic rings. The largest absolute Gasteiger partial charge is 0.407 e.